The maximum atomic E-state index is 12.2. The molecule has 2 rings (SSSR count). The predicted octanol–water partition coefficient (Wildman–Crippen LogP) is 0.718. The molecule has 2 aliphatic rings. The zero-order valence-corrected chi connectivity index (χ0v) is 10.5. The van der Waals surface area contributed by atoms with E-state index >= 15 is 0 Å². The van der Waals surface area contributed by atoms with Crippen LogP contribution >= 0.6 is 0 Å². The fourth-order valence-electron chi connectivity index (χ4n) is 3.14. The van der Waals surface area contributed by atoms with E-state index < -0.39 is 5.97 Å². The molecule has 1 amide bonds. The van der Waals surface area contributed by atoms with Crippen molar-refractivity contribution in [2.24, 2.45) is 17.8 Å². The van der Waals surface area contributed by atoms with Crippen molar-refractivity contribution < 1.29 is 19.8 Å². The Labute approximate surface area is 107 Å². The number of carboxylic acids is 1. The number of rotatable bonds is 4. The molecule has 0 spiro atoms. The second-order valence-corrected chi connectivity index (χ2v) is 5.50. The minimum Gasteiger partial charge on any atom is -0.481 e. The Balaban J connectivity index is 1.84. The first-order chi connectivity index (χ1) is 8.61. The van der Waals surface area contributed by atoms with Crippen LogP contribution in [0.3, 0.4) is 0 Å². The molecule has 5 heteroatoms. The molecule has 0 aromatic rings. The van der Waals surface area contributed by atoms with Crippen molar-refractivity contribution in [2.45, 2.75) is 32.1 Å². The molecule has 1 heterocycles. The largest absolute Gasteiger partial charge is 0.481 e. The molecule has 0 bridgehead atoms. The molecule has 0 aromatic carbocycles. The lowest BCUT2D eigenvalue weighted by atomic mass is 10.0. The number of nitrogens with zero attached hydrogens (tertiary/aromatic N) is 1. The highest BCUT2D eigenvalue weighted by atomic mass is 16.4. The van der Waals surface area contributed by atoms with E-state index in [1.165, 1.54) is 0 Å². The molecule has 1 aliphatic heterocycles. The first-order valence-corrected chi connectivity index (χ1v) is 6.74. The van der Waals surface area contributed by atoms with E-state index in [0.29, 0.717) is 25.2 Å². The summed E-state index contributed by atoms with van der Waals surface area (Å²) in [7, 11) is 0. The van der Waals surface area contributed by atoms with Crippen LogP contribution in [-0.4, -0.2) is 46.7 Å². The normalized spacial score (nSPS) is 31.8. The van der Waals surface area contributed by atoms with E-state index in [2.05, 4.69) is 0 Å². The molecule has 1 unspecified atom stereocenters. The van der Waals surface area contributed by atoms with Crippen molar-refractivity contribution in [3.63, 3.8) is 0 Å². The molecule has 0 aromatic heterocycles. The molecule has 102 valence electrons. The van der Waals surface area contributed by atoms with Gasteiger partial charge in [-0.2, -0.15) is 0 Å². The van der Waals surface area contributed by atoms with E-state index in [4.69, 9.17) is 10.2 Å². The van der Waals surface area contributed by atoms with E-state index in [1.54, 1.807) is 0 Å². The number of amides is 1. The fraction of sp³-hybridized carbons (Fsp3) is 0.846. The van der Waals surface area contributed by atoms with Gasteiger partial charge in [-0.15, -0.1) is 0 Å². The average Bonchev–Trinajstić information content (AvgIpc) is 2.97. The van der Waals surface area contributed by atoms with Crippen molar-refractivity contribution in [1.29, 1.82) is 0 Å². The summed E-state index contributed by atoms with van der Waals surface area (Å²) >= 11 is 0. The third-order valence-electron chi connectivity index (χ3n) is 4.27. The second kappa shape index (κ2) is 5.69. The number of carbonyl (C=O) groups is 2. The summed E-state index contributed by atoms with van der Waals surface area (Å²) < 4.78 is 0. The van der Waals surface area contributed by atoms with Crippen molar-refractivity contribution in [3.8, 4) is 0 Å². The summed E-state index contributed by atoms with van der Waals surface area (Å²) in [6.07, 6.45) is 3.54. The third-order valence-corrected chi connectivity index (χ3v) is 4.27. The van der Waals surface area contributed by atoms with Crippen LogP contribution in [0.4, 0.5) is 0 Å². The van der Waals surface area contributed by atoms with Crippen molar-refractivity contribution in [2.75, 3.05) is 19.7 Å². The highest BCUT2D eigenvalue weighted by Crippen LogP contribution is 2.33. The number of aliphatic carboxylic acids is 1. The van der Waals surface area contributed by atoms with Crippen LogP contribution in [0.15, 0.2) is 0 Å². The zero-order valence-electron chi connectivity index (χ0n) is 10.5. The lowest BCUT2D eigenvalue weighted by Gasteiger charge is -2.20. The van der Waals surface area contributed by atoms with E-state index in [0.717, 1.165) is 25.9 Å². The number of hydrogen-bond acceptors (Lipinski definition) is 3. The Kier molecular flexibility index (Phi) is 4.22. The van der Waals surface area contributed by atoms with Gasteiger partial charge >= 0.3 is 5.97 Å². The van der Waals surface area contributed by atoms with Crippen molar-refractivity contribution >= 4 is 11.9 Å². The molecule has 1 saturated carbocycles. The number of aliphatic hydroxyl groups is 1. The lowest BCUT2D eigenvalue weighted by Crippen LogP contribution is -2.33. The highest BCUT2D eigenvalue weighted by Gasteiger charge is 2.37. The molecular formula is C13H21NO4. The molecule has 5 nitrogen and oxygen atoms in total. The van der Waals surface area contributed by atoms with Crippen LogP contribution in [0.1, 0.15) is 32.1 Å². The average molecular weight is 255 g/mol. The van der Waals surface area contributed by atoms with Gasteiger partial charge in [0, 0.05) is 25.6 Å². The van der Waals surface area contributed by atoms with Gasteiger partial charge in [-0.3, -0.25) is 9.59 Å². The van der Waals surface area contributed by atoms with Gasteiger partial charge in [0.1, 0.15) is 0 Å². The summed E-state index contributed by atoms with van der Waals surface area (Å²) in [5, 5.41) is 17.8. The Hall–Kier alpha value is -1.10. The molecule has 0 radical (unpaired) electrons. The summed E-state index contributed by atoms with van der Waals surface area (Å²) in [6, 6.07) is 0. The zero-order chi connectivity index (χ0) is 13.1. The number of hydrogen-bond donors (Lipinski definition) is 2. The summed E-state index contributed by atoms with van der Waals surface area (Å²) in [5.41, 5.74) is 0. The summed E-state index contributed by atoms with van der Waals surface area (Å²) in [4.78, 5) is 25.0. The first-order valence-electron chi connectivity index (χ1n) is 6.74. The van der Waals surface area contributed by atoms with Gasteiger partial charge in [-0.05, 0) is 38.0 Å². The minimum atomic E-state index is -0.773. The third kappa shape index (κ3) is 2.83. The van der Waals surface area contributed by atoms with Gasteiger partial charge in [-0.1, -0.05) is 0 Å². The second-order valence-electron chi connectivity index (χ2n) is 5.50. The quantitative estimate of drug-likeness (QED) is 0.776. The summed E-state index contributed by atoms with van der Waals surface area (Å²) in [6.45, 7) is 1.67. The van der Waals surface area contributed by atoms with E-state index in [-0.39, 0.29) is 24.3 Å². The van der Waals surface area contributed by atoms with Gasteiger partial charge in [-0.25, -0.2) is 0 Å². The Morgan fingerprint density at radius 1 is 1.17 bits per heavy atom. The van der Waals surface area contributed by atoms with Crippen LogP contribution in [0, 0.1) is 17.8 Å². The first kappa shape index (κ1) is 13.3. The molecule has 2 fully saturated rings. The van der Waals surface area contributed by atoms with Crippen LogP contribution in [-0.2, 0) is 9.59 Å². The number of carbonyl (C=O) groups excluding carboxylic acids is 1. The van der Waals surface area contributed by atoms with Gasteiger partial charge < -0.3 is 15.1 Å². The number of aliphatic hydroxyl groups excluding tert-OH is 1. The monoisotopic (exact) mass is 255 g/mol. The fourth-order valence-corrected chi connectivity index (χ4v) is 3.14. The molecule has 2 N–H and O–H groups in total. The van der Waals surface area contributed by atoms with E-state index in [1.807, 2.05) is 4.90 Å². The molecule has 1 aliphatic carbocycles. The maximum Gasteiger partial charge on any atom is 0.306 e. The van der Waals surface area contributed by atoms with Crippen LogP contribution in [0.2, 0.25) is 0 Å². The van der Waals surface area contributed by atoms with Gasteiger partial charge in [0.2, 0.25) is 5.91 Å². The minimum absolute atomic E-state index is 0.0982. The molecule has 3 atom stereocenters. The number of carboxylic acid groups (broad SMARTS) is 1. The predicted molar refractivity (Wildman–Crippen MR) is 64.9 cm³/mol. The Morgan fingerprint density at radius 2 is 1.89 bits per heavy atom. The Bertz CT molecular complexity index is 331. The topological polar surface area (TPSA) is 77.8 Å². The van der Waals surface area contributed by atoms with Crippen molar-refractivity contribution in [1.82, 2.24) is 4.90 Å². The Morgan fingerprint density at radius 3 is 2.50 bits per heavy atom. The smallest absolute Gasteiger partial charge is 0.306 e. The van der Waals surface area contributed by atoms with Crippen molar-refractivity contribution in [3.05, 3.63) is 0 Å². The van der Waals surface area contributed by atoms with Gasteiger partial charge in [0.05, 0.1) is 5.92 Å². The highest BCUT2D eigenvalue weighted by molar-refractivity contribution is 5.81. The molecule has 1 saturated heterocycles. The van der Waals surface area contributed by atoms with Crippen LogP contribution < -0.4 is 0 Å². The number of likely N-dealkylation sites (tertiary alicyclic amines) is 1. The van der Waals surface area contributed by atoms with Crippen LogP contribution in [0.25, 0.3) is 0 Å². The lowest BCUT2D eigenvalue weighted by molar-refractivity contribution is -0.141. The maximum absolute atomic E-state index is 12.2. The summed E-state index contributed by atoms with van der Waals surface area (Å²) in [5.74, 6) is -0.673. The SMILES string of the molecule is O=C(O)[C@H]1CC[C@@H](C(=O)N2CCC(CCO)C2)C1. The van der Waals surface area contributed by atoms with Gasteiger partial charge in [0.15, 0.2) is 0 Å². The molecular weight excluding hydrogens is 234 g/mol. The van der Waals surface area contributed by atoms with E-state index in [9.17, 15) is 9.59 Å². The standard InChI is InChI=1S/C13H21NO4/c15-6-4-9-3-5-14(8-9)12(16)10-1-2-11(7-10)13(17)18/h9-11,15H,1-8H2,(H,17,18)/t9?,10-,11+/m1/s1. The molecule has 18 heavy (non-hydrogen) atoms. The van der Waals surface area contributed by atoms with Gasteiger partial charge in [0.25, 0.3) is 0 Å². The van der Waals surface area contributed by atoms with Crippen LogP contribution in [0.5, 0.6) is 0 Å².